The molecule has 0 aliphatic heterocycles. The van der Waals surface area contributed by atoms with Crippen LogP contribution in [0.4, 0.5) is 15.2 Å². The fourth-order valence-electron chi connectivity index (χ4n) is 3.37. The largest absolute Gasteiger partial charge is 0.274 e. The van der Waals surface area contributed by atoms with Crippen LogP contribution >= 0.6 is 23.1 Å². The van der Waals surface area contributed by atoms with Crippen LogP contribution in [0.15, 0.2) is 65.1 Å². The number of carbonyl (C=O) groups is 1. The Kier molecular flexibility index (Phi) is 5.75. The normalized spacial score (nSPS) is 13.3. The van der Waals surface area contributed by atoms with E-state index in [1.165, 1.54) is 41.0 Å². The maximum absolute atomic E-state index is 14.3. The van der Waals surface area contributed by atoms with Gasteiger partial charge in [-0.15, -0.1) is 16.4 Å². The number of anilines is 2. The second kappa shape index (κ2) is 8.84. The number of amides is 1. The van der Waals surface area contributed by atoms with Gasteiger partial charge in [-0.1, -0.05) is 42.1 Å². The molecule has 6 nitrogen and oxygen atoms in total. The third-order valence-electron chi connectivity index (χ3n) is 5.04. The van der Waals surface area contributed by atoms with Crippen molar-refractivity contribution in [1.82, 2.24) is 19.7 Å². The summed E-state index contributed by atoms with van der Waals surface area (Å²) in [6.45, 7) is 1.40. The minimum atomic E-state index is -0.461. The Labute approximate surface area is 193 Å². The molecule has 4 aromatic rings. The third kappa shape index (κ3) is 4.31. The highest BCUT2D eigenvalue weighted by Crippen LogP contribution is 2.40. The Morgan fingerprint density at radius 3 is 2.62 bits per heavy atom. The van der Waals surface area contributed by atoms with Crippen LogP contribution in [-0.2, 0) is 10.5 Å². The van der Waals surface area contributed by atoms with Crippen LogP contribution in [0.25, 0.3) is 5.69 Å². The molecule has 1 aliphatic rings. The lowest BCUT2D eigenvalue weighted by molar-refractivity contribution is -0.115. The average molecular weight is 466 g/mol. The summed E-state index contributed by atoms with van der Waals surface area (Å²) in [7, 11) is 0. The van der Waals surface area contributed by atoms with E-state index in [2.05, 4.69) is 4.98 Å². The van der Waals surface area contributed by atoms with Crippen molar-refractivity contribution in [2.45, 2.75) is 36.6 Å². The van der Waals surface area contributed by atoms with Crippen molar-refractivity contribution in [3.8, 4) is 5.69 Å². The Hall–Kier alpha value is -3.04. The van der Waals surface area contributed by atoms with E-state index in [-0.39, 0.29) is 11.6 Å². The summed E-state index contributed by atoms with van der Waals surface area (Å²) in [6, 6.07) is 16.2. The highest BCUT2D eigenvalue weighted by atomic mass is 32.2. The maximum Gasteiger partial charge on any atom is 0.230 e. The van der Waals surface area contributed by atoms with Crippen molar-refractivity contribution in [2.24, 2.45) is 0 Å². The van der Waals surface area contributed by atoms with E-state index in [0.717, 1.165) is 30.0 Å². The first-order valence-corrected chi connectivity index (χ1v) is 12.1. The molecule has 0 saturated heterocycles. The quantitative estimate of drug-likeness (QED) is 0.327. The summed E-state index contributed by atoms with van der Waals surface area (Å²) < 4.78 is 16.2. The standard InChI is InChI=1S/C23H20FN5OS2/c1-15(30)28(20-10-6-5-9-19(20)24)23-25-17(14-32-23)13-31-22-26-21(16-11-12-16)29(27-22)18-7-3-2-4-8-18/h2-10,14,16H,11-13H2,1H3. The van der Waals surface area contributed by atoms with E-state index in [9.17, 15) is 9.18 Å². The zero-order chi connectivity index (χ0) is 22.1. The molecule has 32 heavy (non-hydrogen) atoms. The second-order valence-electron chi connectivity index (χ2n) is 7.49. The molecule has 0 N–H and O–H groups in total. The lowest BCUT2D eigenvalue weighted by atomic mass is 10.3. The molecule has 2 aromatic carbocycles. The molecule has 2 aromatic heterocycles. The van der Waals surface area contributed by atoms with Gasteiger partial charge in [0.2, 0.25) is 11.1 Å². The Morgan fingerprint density at radius 2 is 1.91 bits per heavy atom. The molecule has 0 atom stereocenters. The van der Waals surface area contributed by atoms with Gasteiger partial charge >= 0.3 is 0 Å². The van der Waals surface area contributed by atoms with Gasteiger partial charge in [-0.2, -0.15) is 0 Å². The van der Waals surface area contributed by atoms with E-state index in [1.54, 1.807) is 18.2 Å². The van der Waals surface area contributed by atoms with Gasteiger partial charge in [-0.3, -0.25) is 9.69 Å². The molecule has 1 aliphatic carbocycles. The SMILES string of the molecule is CC(=O)N(c1nc(CSc2nc(C3CC3)n(-c3ccccc3)n2)cs1)c1ccccc1F. The van der Waals surface area contributed by atoms with E-state index in [0.29, 0.717) is 22.0 Å². The molecule has 1 fully saturated rings. The van der Waals surface area contributed by atoms with Crippen molar-refractivity contribution in [3.05, 3.63) is 77.3 Å². The number of thioether (sulfide) groups is 1. The van der Waals surface area contributed by atoms with Gasteiger partial charge in [0.1, 0.15) is 11.6 Å². The zero-order valence-corrected chi connectivity index (χ0v) is 18.9. The number of halogens is 1. The minimum Gasteiger partial charge on any atom is -0.274 e. The molecule has 0 radical (unpaired) electrons. The number of carbonyl (C=O) groups excluding carboxylic acids is 1. The van der Waals surface area contributed by atoms with Gasteiger partial charge < -0.3 is 0 Å². The summed E-state index contributed by atoms with van der Waals surface area (Å²) in [4.78, 5) is 22.9. The molecule has 1 amide bonds. The van der Waals surface area contributed by atoms with Crippen molar-refractivity contribution in [1.29, 1.82) is 0 Å². The summed E-state index contributed by atoms with van der Waals surface area (Å²) in [5.74, 6) is 1.27. The Bertz CT molecular complexity index is 1250. The minimum absolute atomic E-state index is 0.200. The van der Waals surface area contributed by atoms with E-state index >= 15 is 0 Å². The van der Waals surface area contributed by atoms with Gasteiger partial charge in [0.25, 0.3) is 0 Å². The van der Waals surface area contributed by atoms with Crippen LogP contribution in [0.1, 0.15) is 37.2 Å². The average Bonchev–Trinajstić information content (AvgIpc) is 3.39. The maximum atomic E-state index is 14.3. The first-order valence-electron chi connectivity index (χ1n) is 10.2. The molecule has 5 rings (SSSR count). The lowest BCUT2D eigenvalue weighted by Crippen LogP contribution is -2.23. The molecule has 2 heterocycles. The first kappa shape index (κ1) is 20.8. The number of aromatic nitrogens is 4. The highest BCUT2D eigenvalue weighted by molar-refractivity contribution is 7.98. The zero-order valence-electron chi connectivity index (χ0n) is 17.3. The number of thiazole rings is 1. The van der Waals surface area contributed by atoms with E-state index in [4.69, 9.17) is 10.1 Å². The monoisotopic (exact) mass is 465 g/mol. The van der Waals surface area contributed by atoms with Crippen molar-refractivity contribution < 1.29 is 9.18 Å². The molecule has 0 unspecified atom stereocenters. The topological polar surface area (TPSA) is 63.9 Å². The number of rotatable bonds is 7. The van der Waals surface area contributed by atoms with Crippen LogP contribution in [0, 0.1) is 5.82 Å². The number of benzene rings is 2. The van der Waals surface area contributed by atoms with Crippen LogP contribution in [0.5, 0.6) is 0 Å². The Balaban J connectivity index is 1.34. The van der Waals surface area contributed by atoms with Gasteiger partial charge in [0.05, 0.1) is 17.1 Å². The molecule has 0 bridgehead atoms. The van der Waals surface area contributed by atoms with Gasteiger partial charge in [0.15, 0.2) is 5.13 Å². The number of hydrogen-bond donors (Lipinski definition) is 0. The molecular formula is C23H20FN5OS2. The number of para-hydroxylation sites is 2. The predicted molar refractivity (Wildman–Crippen MR) is 124 cm³/mol. The Morgan fingerprint density at radius 1 is 1.16 bits per heavy atom. The van der Waals surface area contributed by atoms with E-state index in [1.807, 2.05) is 40.4 Å². The summed E-state index contributed by atoms with van der Waals surface area (Å²) in [5.41, 5.74) is 2.00. The molecule has 162 valence electrons. The molecule has 0 spiro atoms. The molecular weight excluding hydrogens is 445 g/mol. The lowest BCUT2D eigenvalue weighted by Gasteiger charge is -2.18. The fraction of sp³-hybridized carbons (Fsp3) is 0.217. The van der Waals surface area contributed by atoms with Crippen LogP contribution in [-0.4, -0.2) is 25.7 Å². The van der Waals surface area contributed by atoms with Crippen molar-refractivity contribution in [2.75, 3.05) is 4.90 Å². The number of nitrogens with zero attached hydrogens (tertiary/aromatic N) is 5. The van der Waals surface area contributed by atoms with Crippen molar-refractivity contribution >= 4 is 39.8 Å². The fourth-order valence-corrected chi connectivity index (χ4v) is 5.08. The van der Waals surface area contributed by atoms with Crippen LogP contribution in [0.2, 0.25) is 0 Å². The first-order chi connectivity index (χ1) is 15.6. The van der Waals surface area contributed by atoms with Gasteiger partial charge in [-0.05, 0) is 37.1 Å². The van der Waals surface area contributed by atoms with Crippen molar-refractivity contribution in [3.63, 3.8) is 0 Å². The van der Waals surface area contributed by atoms with Crippen LogP contribution in [0.3, 0.4) is 0 Å². The predicted octanol–water partition coefficient (Wildman–Crippen LogP) is 5.72. The van der Waals surface area contributed by atoms with Crippen LogP contribution < -0.4 is 4.90 Å². The van der Waals surface area contributed by atoms with E-state index < -0.39 is 5.82 Å². The molecule has 9 heteroatoms. The smallest absolute Gasteiger partial charge is 0.230 e. The van der Waals surface area contributed by atoms with Gasteiger partial charge in [-0.25, -0.2) is 19.0 Å². The summed E-state index contributed by atoms with van der Waals surface area (Å²) >= 11 is 2.82. The summed E-state index contributed by atoms with van der Waals surface area (Å²) in [6.07, 6.45) is 2.28. The molecule has 1 saturated carbocycles. The van der Waals surface area contributed by atoms with Gasteiger partial charge in [0, 0.05) is 24.0 Å². The number of hydrogen-bond acceptors (Lipinski definition) is 6. The second-order valence-corrected chi connectivity index (χ2v) is 9.27. The highest BCUT2D eigenvalue weighted by Gasteiger charge is 2.30. The third-order valence-corrected chi connectivity index (χ3v) is 6.79. The summed E-state index contributed by atoms with van der Waals surface area (Å²) in [5, 5.41) is 7.74.